The number of rotatable bonds is 6. The van der Waals surface area contributed by atoms with Gasteiger partial charge in [-0.1, -0.05) is 31.7 Å². The average molecular weight is 334 g/mol. The molecule has 0 aliphatic rings. The highest BCUT2D eigenvalue weighted by atomic mass is 32.2. The van der Waals surface area contributed by atoms with E-state index in [1.807, 2.05) is 48.9 Å². The fraction of sp³-hybridized carbons (Fsp3) is 0.438. The molecule has 0 fully saturated rings. The number of pyridine rings is 1. The number of nitrogens with zero attached hydrogens (tertiary/aromatic N) is 2. The third kappa shape index (κ3) is 3.85. The standard InChI is InChI=1S/C16H22N4O2S/c1-10(2)9-11(14(21)17-3)18-15(22)13-12-7-5-6-8-20(12)16(19-13)23-4/h5-8,10-11H,9H2,1-4H3,(H,17,21)(H,18,22)/t11-/m1/s1. The number of hydrogen-bond donors (Lipinski definition) is 2. The van der Waals surface area contributed by atoms with Crippen LogP contribution in [0.5, 0.6) is 0 Å². The minimum atomic E-state index is -0.564. The van der Waals surface area contributed by atoms with Crippen LogP contribution >= 0.6 is 11.8 Å². The molecule has 2 aromatic heterocycles. The van der Waals surface area contributed by atoms with Crippen LogP contribution in [0, 0.1) is 5.92 Å². The van der Waals surface area contributed by atoms with Crippen molar-refractivity contribution in [2.45, 2.75) is 31.5 Å². The van der Waals surface area contributed by atoms with Crippen LogP contribution in [0.3, 0.4) is 0 Å². The molecule has 7 heteroatoms. The van der Waals surface area contributed by atoms with Gasteiger partial charge in [0, 0.05) is 13.2 Å². The summed E-state index contributed by atoms with van der Waals surface area (Å²) in [5.41, 5.74) is 1.07. The SMILES string of the molecule is CNC(=O)[C@@H](CC(C)C)NC(=O)c1nc(SC)n2ccccc12. The number of imidazole rings is 1. The van der Waals surface area contributed by atoms with Gasteiger partial charge in [0.1, 0.15) is 6.04 Å². The minimum Gasteiger partial charge on any atom is -0.357 e. The molecule has 2 heterocycles. The van der Waals surface area contributed by atoms with E-state index in [1.165, 1.54) is 11.8 Å². The van der Waals surface area contributed by atoms with Crippen LogP contribution in [-0.4, -0.2) is 40.5 Å². The fourth-order valence-corrected chi connectivity index (χ4v) is 2.96. The Kier molecular flexibility index (Phi) is 5.65. The predicted octanol–water partition coefficient (Wildman–Crippen LogP) is 1.95. The van der Waals surface area contributed by atoms with E-state index in [1.54, 1.807) is 7.05 Å². The van der Waals surface area contributed by atoms with Crippen LogP contribution in [0.2, 0.25) is 0 Å². The van der Waals surface area contributed by atoms with Crippen LogP contribution in [0.25, 0.3) is 5.52 Å². The summed E-state index contributed by atoms with van der Waals surface area (Å²) >= 11 is 1.47. The molecule has 0 spiro atoms. The number of fused-ring (bicyclic) bond motifs is 1. The number of aromatic nitrogens is 2. The van der Waals surface area contributed by atoms with Gasteiger partial charge in [-0.25, -0.2) is 4.98 Å². The summed E-state index contributed by atoms with van der Waals surface area (Å²) in [7, 11) is 1.57. The Hall–Kier alpha value is -2.02. The van der Waals surface area contributed by atoms with E-state index < -0.39 is 6.04 Å². The molecule has 2 aromatic rings. The summed E-state index contributed by atoms with van der Waals surface area (Å²) in [6.45, 7) is 4.03. The number of nitrogens with one attached hydrogen (secondary N) is 2. The average Bonchev–Trinajstić information content (AvgIpc) is 2.92. The first-order valence-corrected chi connectivity index (χ1v) is 8.74. The highest BCUT2D eigenvalue weighted by molar-refractivity contribution is 7.98. The van der Waals surface area contributed by atoms with Gasteiger partial charge < -0.3 is 10.6 Å². The second-order valence-electron chi connectivity index (χ2n) is 5.67. The molecule has 124 valence electrons. The molecule has 0 saturated carbocycles. The van der Waals surface area contributed by atoms with Gasteiger partial charge >= 0.3 is 0 Å². The van der Waals surface area contributed by atoms with Crippen molar-refractivity contribution in [1.82, 2.24) is 20.0 Å². The first-order valence-electron chi connectivity index (χ1n) is 7.51. The van der Waals surface area contributed by atoms with Crippen molar-refractivity contribution >= 4 is 29.1 Å². The summed E-state index contributed by atoms with van der Waals surface area (Å²) in [5, 5.41) is 6.15. The van der Waals surface area contributed by atoms with E-state index >= 15 is 0 Å². The maximum Gasteiger partial charge on any atom is 0.272 e. The van der Waals surface area contributed by atoms with Gasteiger partial charge in [0.05, 0.1) is 5.52 Å². The summed E-state index contributed by atoms with van der Waals surface area (Å²) in [5.74, 6) is -0.234. The molecule has 2 N–H and O–H groups in total. The predicted molar refractivity (Wildman–Crippen MR) is 91.7 cm³/mol. The van der Waals surface area contributed by atoms with Crippen molar-refractivity contribution in [3.8, 4) is 0 Å². The lowest BCUT2D eigenvalue weighted by molar-refractivity contribution is -0.122. The Bertz CT molecular complexity index is 711. The zero-order chi connectivity index (χ0) is 17.0. The van der Waals surface area contributed by atoms with E-state index in [4.69, 9.17) is 0 Å². The lowest BCUT2D eigenvalue weighted by Crippen LogP contribution is -2.46. The Balaban J connectivity index is 2.30. The Morgan fingerprint density at radius 3 is 2.70 bits per heavy atom. The molecule has 6 nitrogen and oxygen atoms in total. The van der Waals surface area contributed by atoms with Crippen molar-refractivity contribution in [1.29, 1.82) is 0 Å². The number of likely N-dealkylation sites (N-methyl/N-ethyl adjacent to an activating group) is 1. The topological polar surface area (TPSA) is 75.5 Å². The van der Waals surface area contributed by atoms with Gasteiger partial charge in [-0.05, 0) is 30.7 Å². The first-order chi connectivity index (χ1) is 11.0. The van der Waals surface area contributed by atoms with E-state index in [9.17, 15) is 9.59 Å². The lowest BCUT2D eigenvalue weighted by atomic mass is 10.0. The lowest BCUT2D eigenvalue weighted by Gasteiger charge is -2.18. The Morgan fingerprint density at radius 1 is 1.35 bits per heavy atom. The molecule has 0 aromatic carbocycles. The summed E-state index contributed by atoms with van der Waals surface area (Å²) in [6, 6.07) is 5.04. The van der Waals surface area contributed by atoms with Crippen LogP contribution < -0.4 is 10.6 Å². The van der Waals surface area contributed by atoms with Gasteiger partial charge in [0.15, 0.2) is 10.9 Å². The summed E-state index contributed by atoms with van der Waals surface area (Å²) in [4.78, 5) is 29.0. The monoisotopic (exact) mass is 334 g/mol. The van der Waals surface area contributed by atoms with E-state index in [2.05, 4.69) is 15.6 Å². The van der Waals surface area contributed by atoms with Crippen molar-refractivity contribution in [2.24, 2.45) is 5.92 Å². The smallest absolute Gasteiger partial charge is 0.272 e. The molecule has 0 bridgehead atoms. The molecular weight excluding hydrogens is 312 g/mol. The molecule has 2 rings (SSSR count). The third-order valence-electron chi connectivity index (χ3n) is 3.49. The van der Waals surface area contributed by atoms with Gasteiger partial charge in [-0.2, -0.15) is 0 Å². The Labute approximate surface area is 140 Å². The van der Waals surface area contributed by atoms with Crippen molar-refractivity contribution in [2.75, 3.05) is 13.3 Å². The van der Waals surface area contributed by atoms with Crippen LogP contribution in [0.4, 0.5) is 0 Å². The van der Waals surface area contributed by atoms with Gasteiger partial charge in [0.2, 0.25) is 5.91 Å². The second-order valence-corrected chi connectivity index (χ2v) is 6.45. The molecular formula is C16H22N4O2S. The maximum atomic E-state index is 12.6. The number of carbonyl (C=O) groups excluding carboxylic acids is 2. The Morgan fingerprint density at radius 2 is 2.09 bits per heavy atom. The first kappa shape index (κ1) is 17.3. The maximum absolute atomic E-state index is 12.6. The quantitative estimate of drug-likeness (QED) is 0.792. The molecule has 0 saturated heterocycles. The number of hydrogen-bond acceptors (Lipinski definition) is 4. The normalized spacial score (nSPS) is 12.4. The van der Waals surface area contributed by atoms with E-state index in [0.717, 1.165) is 10.7 Å². The molecule has 2 amide bonds. The minimum absolute atomic E-state index is 0.194. The highest BCUT2D eigenvalue weighted by Gasteiger charge is 2.24. The van der Waals surface area contributed by atoms with Crippen LogP contribution in [0.1, 0.15) is 30.8 Å². The zero-order valence-electron chi connectivity index (χ0n) is 13.8. The fourth-order valence-electron chi connectivity index (χ4n) is 2.42. The molecule has 23 heavy (non-hydrogen) atoms. The zero-order valence-corrected chi connectivity index (χ0v) is 14.6. The van der Waals surface area contributed by atoms with Crippen LogP contribution in [0.15, 0.2) is 29.6 Å². The highest BCUT2D eigenvalue weighted by Crippen LogP contribution is 2.20. The largest absolute Gasteiger partial charge is 0.357 e. The summed E-state index contributed by atoms with van der Waals surface area (Å²) < 4.78 is 1.87. The van der Waals surface area contributed by atoms with E-state index in [-0.39, 0.29) is 17.7 Å². The molecule has 0 unspecified atom stereocenters. The van der Waals surface area contributed by atoms with Crippen molar-refractivity contribution < 1.29 is 9.59 Å². The molecule has 0 radical (unpaired) electrons. The molecule has 0 aliphatic heterocycles. The molecule has 1 atom stereocenters. The summed E-state index contributed by atoms with van der Waals surface area (Å²) in [6.07, 6.45) is 4.36. The van der Waals surface area contributed by atoms with Crippen molar-refractivity contribution in [3.05, 3.63) is 30.1 Å². The van der Waals surface area contributed by atoms with Gasteiger partial charge in [0.25, 0.3) is 5.91 Å². The number of thioether (sulfide) groups is 1. The molecule has 0 aliphatic carbocycles. The number of carbonyl (C=O) groups is 2. The third-order valence-corrected chi connectivity index (χ3v) is 4.14. The number of amides is 2. The van der Waals surface area contributed by atoms with Crippen molar-refractivity contribution in [3.63, 3.8) is 0 Å². The van der Waals surface area contributed by atoms with E-state index in [0.29, 0.717) is 12.1 Å². The van der Waals surface area contributed by atoms with Gasteiger partial charge in [-0.15, -0.1) is 0 Å². The van der Waals surface area contributed by atoms with Crippen LogP contribution in [-0.2, 0) is 4.79 Å². The second kappa shape index (κ2) is 7.50. The van der Waals surface area contributed by atoms with Gasteiger partial charge in [-0.3, -0.25) is 14.0 Å².